The second-order valence-corrected chi connectivity index (χ2v) is 2.55. The molecule has 1 rings (SSSR count). The van der Waals surface area contributed by atoms with Crippen molar-refractivity contribution in [3.05, 3.63) is 11.1 Å². The number of allylic oxidation sites excluding steroid dienone is 2. The van der Waals surface area contributed by atoms with Gasteiger partial charge < -0.3 is 5.73 Å². The van der Waals surface area contributed by atoms with Crippen LogP contribution < -0.4 is 5.73 Å². The number of hydrogen-bond donors (Lipinski definition) is 1. The maximum atomic E-state index is 8.58. The lowest BCUT2D eigenvalue weighted by atomic mass is 10.2. The van der Waals surface area contributed by atoms with Gasteiger partial charge in [-0.1, -0.05) is 11.1 Å². The van der Waals surface area contributed by atoms with Crippen molar-refractivity contribution in [2.24, 2.45) is 5.73 Å². The first-order chi connectivity index (χ1) is 4.72. The summed E-state index contributed by atoms with van der Waals surface area (Å²) in [5.41, 5.74) is 7.42. The highest BCUT2D eigenvalue weighted by atomic mass is 16.1. The molecule has 2 nitrogen and oxygen atoms in total. The van der Waals surface area contributed by atoms with Crippen molar-refractivity contribution in [1.29, 1.82) is 0 Å². The number of amides is 1. The normalized spacial score (nSPS) is 16.2. The van der Waals surface area contributed by atoms with Crippen molar-refractivity contribution < 1.29 is 4.79 Å². The molecule has 1 amide bonds. The first-order valence-electron chi connectivity index (χ1n) is 3.53. The van der Waals surface area contributed by atoms with Gasteiger partial charge in [0.15, 0.2) is 0 Å². The van der Waals surface area contributed by atoms with Gasteiger partial charge in [-0.15, -0.1) is 0 Å². The van der Waals surface area contributed by atoms with E-state index < -0.39 is 0 Å². The second-order valence-electron chi connectivity index (χ2n) is 2.55. The van der Waals surface area contributed by atoms with Gasteiger partial charge in [-0.3, -0.25) is 4.79 Å². The van der Waals surface area contributed by atoms with Crippen molar-refractivity contribution in [3.8, 4) is 0 Å². The molecule has 0 aromatic heterocycles. The molecule has 58 valence electrons. The highest BCUT2D eigenvalue weighted by Gasteiger charge is 2.03. The standard InChI is InChI=1S/C7H12.CH3NO/c1-6-4-3-5-7(6)2;2-1-3/h3-5H2,1-2H3;1H,(H2,2,3). The molecular weight excluding hydrogens is 126 g/mol. The molecule has 0 unspecified atom stereocenters. The Labute approximate surface area is 62.1 Å². The maximum Gasteiger partial charge on any atom is 0.204 e. The van der Waals surface area contributed by atoms with E-state index in [1.165, 1.54) is 19.3 Å². The van der Waals surface area contributed by atoms with E-state index in [-0.39, 0.29) is 6.41 Å². The minimum atomic E-state index is 0.250. The van der Waals surface area contributed by atoms with Crippen LogP contribution in [0, 0.1) is 0 Å². The molecule has 0 fully saturated rings. The van der Waals surface area contributed by atoms with Gasteiger partial charge in [-0.2, -0.15) is 0 Å². The number of rotatable bonds is 0. The first-order valence-corrected chi connectivity index (χ1v) is 3.53. The van der Waals surface area contributed by atoms with E-state index >= 15 is 0 Å². The van der Waals surface area contributed by atoms with E-state index in [4.69, 9.17) is 4.79 Å². The first kappa shape index (κ1) is 9.21. The smallest absolute Gasteiger partial charge is 0.204 e. The zero-order valence-corrected chi connectivity index (χ0v) is 6.68. The van der Waals surface area contributed by atoms with E-state index in [0.717, 1.165) is 0 Å². The molecule has 0 heterocycles. The van der Waals surface area contributed by atoms with E-state index in [1.807, 2.05) is 0 Å². The Morgan fingerprint density at radius 1 is 1.30 bits per heavy atom. The van der Waals surface area contributed by atoms with E-state index in [0.29, 0.717) is 0 Å². The van der Waals surface area contributed by atoms with Crippen LogP contribution in [0.2, 0.25) is 0 Å². The minimum Gasteiger partial charge on any atom is -0.372 e. The molecule has 0 aliphatic heterocycles. The van der Waals surface area contributed by atoms with Gasteiger partial charge in [0.05, 0.1) is 0 Å². The fourth-order valence-electron chi connectivity index (χ4n) is 1.05. The number of carbonyl (C=O) groups excluding carboxylic acids is 1. The molecule has 1 aliphatic rings. The number of hydrogen-bond acceptors (Lipinski definition) is 1. The van der Waals surface area contributed by atoms with Crippen LogP contribution in [0.5, 0.6) is 0 Å². The van der Waals surface area contributed by atoms with Gasteiger partial charge in [0, 0.05) is 0 Å². The average Bonchev–Trinajstić information content (AvgIpc) is 2.19. The summed E-state index contributed by atoms with van der Waals surface area (Å²) in [7, 11) is 0. The molecule has 0 saturated heterocycles. The fraction of sp³-hybridized carbons (Fsp3) is 0.625. The third-order valence-corrected chi connectivity index (χ3v) is 1.83. The molecule has 0 aromatic carbocycles. The summed E-state index contributed by atoms with van der Waals surface area (Å²) >= 11 is 0. The molecule has 10 heavy (non-hydrogen) atoms. The van der Waals surface area contributed by atoms with Gasteiger partial charge in [-0.25, -0.2) is 0 Å². The Kier molecular flexibility index (Phi) is 4.63. The van der Waals surface area contributed by atoms with Crippen molar-refractivity contribution in [2.45, 2.75) is 33.1 Å². The van der Waals surface area contributed by atoms with E-state index in [1.54, 1.807) is 11.1 Å². The van der Waals surface area contributed by atoms with Gasteiger partial charge in [0.1, 0.15) is 0 Å². The lowest BCUT2D eigenvalue weighted by Gasteiger charge is -1.87. The van der Waals surface area contributed by atoms with Crippen LogP contribution in [0.25, 0.3) is 0 Å². The summed E-state index contributed by atoms with van der Waals surface area (Å²) in [5.74, 6) is 0. The van der Waals surface area contributed by atoms with E-state index in [2.05, 4.69) is 19.6 Å². The predicted octanol–water partition coefficient (Wildman–Crippen LogP) is 1.61. The van der Waals surface area contributed by atoms with Crippen molar-refractivity contribution in [2.75, 3.05) is 0 Å². The molecule has 1 aliphatic carbocycles. The van der Waals surface area contributed by atoms with Crippen molar-refractivity contribution in [3.63, 3.8) is 0 Å². The molecule has 0 saturated carbocycles. The molecule has 0 atom stereocenters. The SMILES string of the molecule is CC1=C(C)CCC1.NC=O. The summed E-state index contributed by atoms with van der Waals surface area (Å²) in [4.78, 5) is 8.58. The lowest BCUT2D eigenvalue weighted by molar-refractivity contribution is -0.106. The van der Waals surface area contributed by atoms with Crippen molar-refractivity contribution >= 4 is 6.41 Å². The van der Waals surface area contributed by atoms with Crippen LogP contribution in [0.15, 0.2) is 11.1 Å². The Balaban J connectivity index is 0.000000236. The zero-order chi connectivity index (χ0) is 7.98. The Bertz CT molecular complexity index is 126. The molecule has 0 aromatic rings. The predicted molar refractivity (Wildman–Crippen MR) is 42.5 cm³/mol. The molecule has 0 radical (unpaired) electrons. The fourth-order valence-corrected chi connectivity index (χ4v) is 1.05. The third-order valence-electron chi connectivity index (χ3n) is 1.83. The zero-order valence-electron chi connectivity index (χ0n) is 6.68. The van der Waals surface area contributed by atoms with Gasteiger partial charge in [0.2, 0.25) is 6.41 Å². The molecule has 2 heteroatoms. The third kappa shape index (κ3) is 3.28. The quantitative estimate of drug-likeness (QED) is 0.404. The van der Waals surface area contributed by atoms with Crippen LogP contribution in [0.4, 0.5) is 0 Å². The second kappa shape index (κ2) is 5.03. The average molecular weight is 141 g/mol. The molecule has 2 N–H and O–H groups in total. The van der Waals surface area contributed by atoms with Gasteiger partial charge in [0.25, 0.3) is 0 Å². The van der Waals surface area contributed by atoms with Gasteiger partial charge in [-0.05, 0) is 33.1 Å². The molecule has 0 spiro atoms. The summed E-state index contributed by atoms with van der Waals surface area (Å²) in [6, 6.07) is 0. The maximum absolute atomic E-state index is 8.58. The van der Waals surface area contributed by atoms with E-state index in [9.17, 15) is 0 Å². The highest BCUT2D eigenvalue weighted by molar-refractivity contribution is 5.42. The Hall–Kier alpha value is -0.790. The monoisotopic (exact) mass is 141 g/mol. The lowest BCUT2D eigenvalue weighted by Crippen LogP contribution is -1.82. The van der Waals surface area contributed by atoms with Crippen LogP contribution in [-0.4, -0.2) is 6.41 Å². The summed E-state index contributed by atoms with van der Waals surface area (Å²) in [5, 5.41) is 0. The topological polar surface area (TPSA) is 43.1 Å². The highest BCUT2D eigenvalue weighted by Crippen LogP contribution is 2.23. The van der Waals surface area contributed by atoms with Crippen LogP contribution in [-0.2, 0) is 4.79 Å². The van der Waals surface area contributed by atoms with Gasteiger partial charge >= 0.3 is 0 Å². The van der Waals surface area contributed by atoms with Crippen LogP contribution >= 0.6 is 0 Å². The Morgan fingerprint density at radius 2 is 1.60 bits per heavy atom. The summed E-state index contributed by atoms with van der Waals surface area (Å²) in [6.07, 6.45) is 4.36. The Morgan fingerprint density at radius 3 is 1.70 bits per heavy atom. The largest absolute Gasteiger partial charge is 0.372 e. The number of carbonyl (C=O) groups is 1. The number of primary amides is 1. The molecular formula is C8H15NO. The number of nitrogens with two attached hydrogens (primary N) is 1. The minimum absolute atomic E-state index is 0.250. The molecule has 0 bridgehead atoms. The van der Waals surface area contributed by atoms with Crippen LogP contribution in [0.1, 0.15) is 33.1 Å². The van der Waals surface area contributed by atoms with Crippen molar-refractivity contribution in [1.82, 2.24) is 0 Å². The summed E-state index contributed by atoms with van der Waals surface area (Å²) in [6.45, 7) is 4.48. The summed E-state index contributed by atoms with van der Waals surface area (Å²) < 4.78 is 0. The van der Waals surface area contributed by atoms with Crippen LogP contribution in [0.3, 0.4) is 0 Å².